The molecule has 0 bridgehead atoms. The summed E-state index contributed by atoms with van der Waals surface area (Å²) in [5, 5.41) is 3.26. The average molecular weight is 479 g/mol. The molecule has 5 nitrogen and oxygen atoms in total. The number of carbonyl (C=O) groups excluding carboxylic acids is 3. The van der Waals surface area contributed by atoms with Crippen molar-refractivity contribution in [2.45, 2.75) is 121 Å². The van der Waals surface area contributed by atoms with Crippen molar-refractivity contribution in [2.75, 3.05) is 13.1 Å². The summed E-state index contributed by atoms with van der Waals surface area (Å²) in [4.78, 5) is 39.9. The summed E-state index contributed by atoms with van der Waals surface area (Å²) in [6.45, 7) is 26.6. The van der Waals surface area contributed by atoms with Crippen molar-refractivity contribution in [3.63, 3.8) is 0 Å². The highest BCUT2D eigenvalue weighted by Gasteiger charge is 2.41. The minimum Gasteiger partial charge on any atom is -0.353 e. The molecule has 1 fully saturated rings. The molecule has 1 N–H and O–H groups in total. The van der Waals surface area contributed by atoms with Gasteiger partial charge in [0, 0.05) is 35.4 Å². The minimum absolute atomic E-state index is 0.0632. The molecule has 1 aliphatic heterocycles. The normalized spacial score (nSPS) is 17.1. The zero-order valence-corrected chi connectivity index (χ0v) is 24.4. The van der Waals surface area contributed by atoms with Gasteiger partial charge in [-0.3, -0.25) is 9.59 Å². The summed E-state index contributed by atoms with van der Waals surface area (Å²) < 4.78 is 0. The number of hydrogen-bond donors (Lipinski definition) is 1. The highest BCUT2D eigenvalue weighted by atomic mass is 16.2. The molecule has 0 atom stereocenters. The predicted octanol–water partition coefficient (Wildman–Crippen LogP) is 6.25. The van der Waals surface area contributed by atoms with Gasteiger partial charge in [-0.1, -0.05) is 83.1 Å². The third kappa shape index (κ3) is 8.68. The molecule has 0 radical (unpaired) electrons. The van der Waals surface area contributed by atoms with Gasteiger partial charge < -0.3 is 15.0 Å². The molecule has 1 aliphatic rings. The largest absolute Gasteiger partial charge is 0.353 e. The molecule has 0 aromatic heterocycles. The fourth-order valence-electron chi connectivity index (χ4n) is 6.07. The second kappa shape index (κ2) is 10.7. The fraction of sp³-hybridized carbons (Fsp3) is 0.897. The van der Waals surface area contributed by atoms with E-state index in [1.54, 1.807) is 0 Å². The first-order valence-electron chi connectivity index (χ1n) is 13.2. The van der Waals surface area contributed by atoms with E-state index in [2.05, 4.69) is 60.7 Å². The molecular weight excluding hydrogens is 424 g/mol. The Morgan fingerprint density at radius 2 is 1.35 bits per heavy atom. The van der Waals surface area contributed by atoms with Crippen LogP contribution in [0.25, 0.3) is 0 Å². The molecular formula is C29H54N2O3. The van der Waals surface area contributed by atoms with E-state index < -0.39 is 16.2 Å². The van der Waals surface area contributed by atoms with Gasteiger partial charge in [0.1, 0.15) is 6.29 Å². The maximum Gasteiger partial charge on any atom is 0.228 e. The fourth-order valence-corrected chi connectivity index (χ4v) is 6.07. The van der Waals surface area contributed by atoms with Gasteiger partial charge in [0.25, 0.3) is 0 Å². The highest BCUT2D eigenvalue weighted by Crippen LogP contribution is 2.42. The van der Waals surface area contributed by atoms with E-state index in [0.717, 1.165) is 32.0 Å². The van der Waals surface area contributed by atoms with Gasteiger partial charge in [-0.25, -0.2) is 0 Å². The maximum absolute atomic E-state index is 13.3. The molecule has 2 amide bonds. The van der Waals surface area contributed by atoms with Crippen molar-refractivity contribution in [1.82, 2.24) is 10.2 Å². The third-order valence-electron chi connectivity index (χ3n) is 7.95. The number of piperidine rings is 1. The highest BCUT2D eigenvalue weighted by molar-refractivity contribution is 5.83. The van der Waals surface area contributed by atoms with Gasteiger partial charge in [-0.05, 0) is 48.9 Å². The van der Waals surface area contributed by atoms with Crippen molar-refractivity contribution in [1.29, 1.82) is 0 Å². The van der Waals surface area contributed by atoms with Gasteiger partial charge in [-0.2, -0.15) is 0 Å². The Labute approximate surface area is 210 Å². The van der Waals surface area contributed by atoms with E-state index in [1.165, 1.54) is 0 Å². The van der Waals surface area contributed by atoms with Crippen molar-refractivity contribution < 1.29 is 14.4 Å². The zero-order valence-electron chi connectivity index (χ0n) is 24.4. The van der Waals surface area contributed by atoms with Crippen LogP contribution >= 0.6 is 0 Å². The first kappa shape index (κ1) is 30.6. The number of hydrogen-bond acceptors (Lipinski definition) is 3. The van der Waals surface area contributed by atoms with Crippen LogP contribution in [0.3, 0.4) is 0 Å². The number of aldehydes is 1. The third-order valence-corrected chi connectivity index (χ3v) is 7.95. The summed E-state index contributed by atoms with van der Waals surface area (Å²) in [6.07, 6.45) is 4.90. The Balaban J connectivity index is 2.68. The lowest BCUT2D eigenvalue weighted by molar-refractivity contribution is -0.143. The second-order valence-corrected chi connectivity index (χ2v) is 14.8. The summed E-state index contributed by atoms with van der Waals surface area (Å²) >= 11 is 0. The monoisotopic (exact) mass is 478 g/mol. The minimum atomic E-state index is -0.528. The van der Waals surface area contributed by atoms with Crippen LogP contribution in [0.5, 0.6) is 0 Å². The van der Waals surface area contributed by atoms with Crippen LogP contribution in [0.4, 0.5) is 0 Å². The molecule has 1 saturated heterocycles. The molecule has 0 aromatic rings. The number of nitrogens with zero attached hydrogens (tertiary/aromatic N) is 1. The molecule has 1 heterocycles. The van der Waals surface area contributed by atoms with E-state index in [0.29, 0.717) is 25.4 Å². The van der Waals surface area contributed by atoms with Crippen LogP contribution in [0.2, 0.25) is 0 Å². The molecule has 34 heavy (non-hydrogen) atoms. The Kier molecular flexibility index (Phi) is 9.64. The van der Waals surface area contributed by atoms with E-state index in [9.17, 15) is 14.4 Å². The molecule has 198 valence electrons. The molecule has 1 rings (SSSR count). The number of rotatable bonds is 11. The van der Waals surface area contributed by atoms with E-state index >= 15 is 0 Å². The predicted molar refractivity (Wildman–Crippen MR) is 141 cm³/mol. The van der Waals surface area contributed by atoms with Crippen LogP contribution in [0, 0.1) is 33.0 Å². The maximum atomic E-state index is 13.3. The summed E-state index contributed by atoms with van der Waals surface area (Å²) in [6, 6.07) is 0.0978. The molecule has 0 unspecified atom stereocenters. The molecule has 0 aliphatic carbocycles. The Morgan fingerprint density at radius 3 is 1.79 bits per heavy atom. The van der Waals surface area contributed by atoms with Gasteiger partial charge >= 0.3 is 0 Å². The smallest absolute Gasteiger partial charge is 0.228 e. The van der Waals surface area contributed by atoms with Gasteiger partial charge in [0.15, 0.2) is 0 Å². The average Bonchev–Trinajstić information content (AvgIpc) is 2.65. The van der Waals surface area contributed by atoms with Gasteiger partial charge in [0.05, 0.1) is 0 Å². The van der Waals surface area contributed by atoms with Crippen LogP contribution in [0.1, 0.15) is 115 Å². The first-order valence-corrected chi connectivity index (χ1v) is 13.2. The van der Waals surface area contributed by atoms with Crippen LogP contribution < -0.4 is 5.32 Å². The number of amides is 2. The summed E-state index contributed by atoms with van der Waals surface area (Å²) in [5.74, 6) is 0.803. The lowest BCUT2D eigenvalue weighted by Crippen LogP contribution is -2.52. The van der Waals surface area contributed by atoms with Crippen LogP contribution in [0.15, 0.2) is 0 Å². The van der Waals surface area contributed by atoms with E-state index in [4.69, 9.17) is 0 Å². The molecule has 5 heteroatoms. The standard InChI is InChI=1S/C29H54N2O3/c1-21(2)27(7,8)19-29(11,12)24(34)31-15-13-22(14-16-31)30-23(33)28(9,10)18-25(3,4)17-26(5,6)20-32/h20-22H,13-19H2,1-12H3,(H,30,33). The molecule has 0 saturated carbocycles. The first-order chi connectivity index (χ1) is 15.1. The lowest BCUT2D eigenvalue weighted by Gasteiger charge is -2.42. The van der Waals surface area contributed by atoms with Gasteiger partial charge in [0.2, 0.25) is 11.8 Å². The van der Waals surface area contributed by atoms with Crippen molar-refractivity contribution in [2.24, 2.45) is 33.0 Å². The Hall–Kier alpha value is -1.39. The van der Waals surface area contributed by atoms with Crippen LogP contribution in [-0.4, -0.2) is 42.1 Å². The topological polar surface area (TPSA) is 66.5 Å². The summed E-state index contributed by atoms with van der Waals surface area (Å²) in [7, 11) is 0. The van der Waals surface area contributed by atoms with Crippen molar-refractivity contribution >= 4 is 18.1 Å². The Morgan fingerprint density at radius 1 is 0.853 bits per heavy atom. The lowest BCUT2D eigenvalue weighted by atomic mass is 9.67. The van der Waals surface area contributed by atoms with Crippen molar-refractivity contribution in [3.8, 4) is 0 Å². The molecule has 0 spiro atoms. The number of likely N-dealkylation sites (tertiary alicyclic amines) is 1. The second-order valence-electron chi connectivity index (χ2n) is 14.8. The zero-order chi connectivity index (χ0) is 26.8. The van der Waals surface area contributed by atoms with Crippen LogP contribution in [-0.2, 0) is 14.4 Å². The number of carbonyl (C=O) groups is 3. The Bertz CT molecular complexity index is 724. The van der Waals surface area contributed by atoms with Gasteiger partial charge in [-0.15, -0.1) is 0 Å². The molecule has 0 aromatic carbocycles. The summed E-state index contributed by atoms with van der Waals surface area (Å²) in [5.41, 5.74) is -1.34. The van der Waals surface area contributed by atoms with Crippen molar-refractivity contribution in [3.05, 3.63) is 0 Å². The van der Waals surface area contributed by atoms with E-state index in [1.807, 2.05) is 32.6 Å². The van der Waals surface area contributed by atoms with E-state index in [-0.39, 0.29) is 28.7 Å². The SMILES string of the molecule is CC(C)C(C)(C)CC(C)(C)C(=O)N1CCC(NC(=O)C(C)(C)CC(C)(C)CC(C)(C)C=O)CC1. The number of nitrogens with one attached hydrogen (secondary N) is 1. The quantitative estimate of drug-likeness (QED) is 0.357.